The number of esters is 1. The van der Waals surface area contributed by atoms with Gasteiger partial charge < -0.3 is 4.74 Å². The molecule has 0 saturated heterocycles. The third-order valence-electron chi connectivity index (χ3n) is 10.2. The normalized spacial score (nSPS) is 13.7. The van der Waals surface area contributed by atoms with Crippen LogP contribution in [-0.2, 0) is 9.53 Å². The average molecular weight is 621 g/mol. The molecular weight excluding hydrogens is 536 g/mol. The summed E-state index contributed by atoms with van der Waals surface area (Å²) >= 11 is 0. The Bertz CT molecular complexity index is 572. The quantitative estimate of drug-likeness (QED) is 0.0514. The van der Waals surface area contributed by atoms with Crippen LogP contribution in [0.15, 0.2) is 0 Å². The Kier molecular flexibility index (Phi) is 33.4. The topological polar surface area (TPSA) is 26.3 Å². The predicted molar refractivity (Wildman–Crippen MR) is 198 cm³/mol. The van der Waals surface area contributed by atoms with Crippen LogP contribution in [0, 0.1) is 5.92 Å². The molecule has 2 nitrogen and oxygen atoms in total. The van der Waals surface area contributed by atoms with E-state index in [1.54, 1.807) is 0 Å². The molecule has 44 heavy (non-hydrogen) atoms. The van der Waals surface area contributed by atoms with Gasteiger partial charge in [-0.2, -0.15) is 0 Å². The van der Waals surface area contributed by atoms with E-state index in [0.29, 0.717) is 12.3 Å². The summed E-state index contributed by atoms with van der Waals surface area (Å²) in [5.74, 6) is 0.787. The van der Waals surface area contributed by atoms with Crippen molar-refractivity contribution in [3.8, 4) is 0 Å². The second-order valence-corrected chi connectivity index (χ2v) is 14.7. The number of hydrogen-bond donors (Lipinski definition) is 0. The molecule has 0 aromatic heterocycles. The Morgan fingerprint density at radius 2 is 0.795 bits per heavy atom. The Labute approximate surface area is 279 Å². The fourth-order valence-corrected chi connectivity index (χ4v) is 7.15. The Balaban J connectivity index is 4.94. The minimum absolute atomic E-state index is 0.104. The van der Waals surface area contributed by atoms with E-state index >= 15 is 0 Å². The highest BCUT2D eigenvalue weighted by molar-refractivity contribution is 5.69. The molecule has 0 N–H and O–H groups in total. The van der Waals surface area contributed by atoms with Crippen LogP contribution >= 0.6 is 0 Å². The van der Waals surface area contributed by atoms with E-state index in [1.807, 2.05) is 0 Å². The van der Waals surface area contributed by atoms with Gasteiger partial charge in [-0.25, -0.2) is 0 Å². The summed E-state index contributed by atoms with van der Waals surface area (Å²) < 4.78 is 6.69. The molecule has 0 rings (SSSR count). The number of hydrogen-bond acceptors (Lipinski definition) is 2. The second-order valence-electron chi connectivity index (χ2n) is 14.7. The third-order valence-corrected chi connectivity index (χ3v) is 10.2. The van der Waals surface area contributed by atoms with Gasteiger partial charge >= 0.3 is 5.97 Å². The van der Waals surface area contributed by atoms with E-state index in [9.17, 15) is 4.79 Å². The molecule has 2 unspecified atom stereocenters. The fraction of sp³-hybridized carbons (Fsp3) is 0.976. The van der Waals surface area contributed by atoms with Crippen molar-refractivity contribution in [1.29, 1.82) is 0 Å². The smallest absolute Gasteiger partial charge is 0.306 e. The largest absolute Gasteiger partial charge is 0.459 e. The van der Waals surface area contributed by atoms with Gasteiger partial charge in [0.05, 0.1) is 0 Å². The van der Waals surface area contributed by atoms with Crippen molar-refractivity contribution in [3.63, 3.8) is 0 Å². The highest BCUT2D eigenvalue weighted by Crippen LogP contribution is 2.37. The first kappa shape index (κ1) is 43.5. The number of carbonyl (C=O) groups excluding carboxylic acids is 1. The minimum atomic E-state index is -0.227. The Hall–Kier alpha value is -0.530. The lowest BCUT2D eigenvalue weighted by Crippen LogP contribution is -2.37. The molecule has 0 amide bonds. The van der Waals surface area contributed by atoms with Gasteiger partial charge in [0, 0.05) is 6.42 Å². The van der Waals surface area contributed by atoms with Crippen molar-refractivity contribution in [2.75, 3.05) is 0 Å². The van der Waals surface area contributed by atoms with Gasteiger partial charge in [0.2, 0.25) is 0 Å². The summed E-state index contributed by atoms with van der Waals surface area (Å²) in [7, 11) is 0. The molecule has 2 atom stereocenters. The van der Waals surface area contributed by atoms with Crippen molar-refractivity contribution in [1.82, 2.24) is 0 Å². The van der Waals surface area contributed by atoms with Crippen molar-refractivity contribution >= 4 is 5.97 Å². The molecule has 0 fully saturated rings. The summed E-state index contributed by atoms with van der Waals surface area (Å²) in [5, 5.41) is 0. The molecular formula is C42H84O2. The summed E-state index contributed by atoms with van der Waals surface area (Å²) in [5.41, 5.74) is -0.227. The van der Waals surface area contributed by atoms with Crippen LogP contribution in [0.5, 0.6) is 0 Å². The zero-order valence-electron chi connectivity index (χ0n) is 31.4. The van der Waals surface area contributed by atoms with Crippen molar-refractivity contribution < 1.29 is 9.53 Å². The summed E-state index contributed by atoms with van der Waals surface area (Å²) in [6, 6.07) is 0. The zero-order valence-corrected chi connectivity index (χ0v) is 31.4. The van der Waals surface area contributed by atoms with E-state index in [-0.39, 0.29) is 11.6 Å². The molecule has 0 aromatic carbocycles. The first-order chi connectivity index (χ1) is 21.6. The number of unbranched alkanes of at least 4 members (excludes halogenated alkanes) is 24. The molecule has 0 heterocycles. The lowest BCUT2D eigenvalue weighted by molar-refractivity contribution is -0.164. The van der Waals surface area contributed by atoms with Crippen LogP contribution in [0.4, 0.5) is 0 Å². The predicted octanol–water partition coefficient (Wildman–Crippen LogP) is 15.2. The average Bonchev–Trinajstić information content (AvgIpc) is 3.02. The van der Waals surface area contributed by atoms with Crippen LogP contribution < -0.4 is 0 Å². The standard InChI is InChI=1S/C42H84O2/c1-6-11-15-18-20-22-24-25-27-29-32-36-41(43)44-42(37-33-30-17-13-8-3,39-40(10-5)35-14-9-4)38-34-31-28-26-23-21-19-16-12-7-2/h40H,6-39H2,1-5H3. The van der Waals surface area contributed by atoms with E-state index < -0.39 is 0 Å². The third kappa shape index (κ3) is 27.8. The first-order valence-electron chi connectivity index (χ1n) is 20.8. The molecule has 0 spiro atoms. The van der Waals surface area contributed by atoms with E-state index in [1.165, 1.54) is 186 Å². The van der Waals surface area contributed by atoms with Crippen molar-refractivity contribution in [2.24, 2.45) is 5.92 Å². The summed E-state index contributed by atoms with van der Waals surface area (Å²) in [6.07, 6.45) is 43.5. The maximum Gasteiger partial charge on any atom is 0.306 e. The van der Waals surface area contributed by atoms with Crippen molar-refractivity contribution in [3.05, 3.63) is 0 Å². The Morgan fingerprint density at radius 3 is 1.16 bits per heavy atom. The molecule has 0 aliphatic heterocycles. The second kappa shape index (κ2) is 33.8. The van der Waals surface area contributed by atoms with Crippen LogP contribution in [0.1, 0.15) is 253 Å². The van der Waals surface area contributed by atoms with Gasteiger partial charge in [-0.3, -0.25) is 4.79 Å². The van der Waals surface area contributed by atoms with E-state index in [4.69, 9.17) is 4.74 Å². The van der Waals surface area contributed by atoms with Gasteiger partial charge in [0.25, 0.3) is 0 Å². The zero-order chi connectivity index (χ0) is 32.4. The van der Waals surface area contributed by atoms with Crippen LogP contribution in [0.25, 0.3) is 0 Å². The van der Waals surface area contributed by atoms with Crippen LogP contribution in [-0.4, -0.2) is 11.6 Å². The first-order valence-corrected chi connectivity index (χ1v) is 20.8. The lowest BCUT2D eigenvalue weighted by atomic mass is 9.79. The number of ether oxygens (including phenoxy) is 1. The SMILES string of the molecule is CCCCCCCCCCCCCC(=O)OC(CCCCCCC)(CCCCCCCCCCCC)CC(CC)CCCC. The maximum atomic E-state index is 13.4. The molecule has 264 valence electrons. The molecule has 0 saturated carbocycles. The molecule has 0 aromatic rings. The van der Waals surface area contributed by atoms with Gasteiger partial charge in [-0.15, -0.1) is 0 Å². The van der Waals surface area contributed by atoms with Crippen LogP contribution in [0.3, 0.4) is 0 Å². The van der Waals surface area contributed by atoms with E-state index in [2.05, 4.69) is 34.6 Å². The van der Waals surface area contributed by atoms with Gasteiger partial charge in [0.15, 0.2) is 0 Å². The van der Waals surface area contributed by atoms with Gasteiger partial charge in [-0.05, 0) is 44.4 Å². The Morgan fingerprint density at radius 1 is 0.455 bits per heavy atom. The number of rotatable bonds is 36. The minimum Gasteiger partial charge on any atom is -0.459 e. The lowest BCUT2D eigenvalue weighted by Gasteiger charge is -2.37. The molecule has 0 aliphatic rings. The van der Waals surface area contributed by atoms with E-state index in [0.717, 1.165) is 25.7 Å². The molecule has 0 aliphatic carbocycles. The summed E-state index contributed by atoms with van der Waals surface area (Å²) in [4.78, 5) is 13.4. The molecule has 0 bridgehead atoms. The monoisotopic (exact) mass is 621 g/mol. The summed E-state index contributed by atoms with van der Waals surface area (Å²) in [6.45, 7) is 11.6. The molecule has 0 radical (unpaired) electrons. The highest BCUT2D eigenvalue weighted by atomic mass is 16.6. The highest BCUT2D eigenvalue weighted by Gasteiger charge is 2.35. The number of carbonyl (C=O) groups is 1. The van der Waals surface area contributed by atoms with Gasteiger partial charge in [0.1, 0.15) is 5.60 Å². The maximum absolute atomic E-state index is 13.4. The van der Waals surface area contributed by atoms with Gasteiger partial charge in [-0.1, -0.05) is 208 Å². The van der Waals surface area contributed by atoms with Crippen LogP contribution in [0.2, 0.25) is 0 Å². The van der Waals surface area contributed by atoms with Crippen molar-refractivity contribution in [2.45, 2.75) is 259 Å². The fourth-order valence-electron chi connectivity index (χ4n) is 7.15. The molecule has 2 heteroatoms.